The maximum atomic E-state index is 12.3. The SMILES string of the molecule is Cc1ccc2nc(CSc3n[nH]c(=O)n3C[C@@H]3CCCO3)cc(=O)n2c1. The maximum absolute atomic E-state index is 12.3. The molecule has 26 heavy (non-hydrogen) atoms. The molecule has 0 spiro atoms. The summed E-state index contributed by atoms with van der Waals surface area (Å²) in [6.07, 6.45) is 3.79. The minimum Gasteiger partial charge on any atom is -0.376 e. The van der Waals surface area contributed by atoms with Gasteiger partial charge < -0.3 is 4.74 Å². The average molecular weight is 373 g/mol. The Kier molecular flexibility index (Phi) is 4.64. The van der Waals surface area contributed by atoms with Crippen LogP contribution in [0.5, 0.6) is 0 Å². The van der Waals surface area contributed by atoms with Crippen LogP contribution in [0.1, 0.15) is 24.1 Å². The fourth-order valence-electron chi connectivity index (χ4n) is 3.04. The van der Waals surface area contributed by atoms with Gasteiger partial charge in [-0.3, -0.25) is 13.8 Å². The maximum Gasteiger partial charge on any atom is 0.344 e. The zero-order chi connectivity index (χ0) is 18.1. The molecule has 1 saturated heterocycles. The minimum atomic E-state index is -0.245. The van der Waals surface area contributed by atoms with Gasteiger partial charge in [-0.2, -0.15) is 0 Å². The van der Waals surface area contributed by atoms with Crippen LogP contribution >= 0.6 is 11.8 Å². The van der Waals surface area contributed by atoms with E-state index in [4.69, 9.17) is 4.74 Å². The fraction of sp³-hybridized carbons (Fsp3) is 0.412. The van der Waals surface area contributed by atoms with E-state index in [2.05, 4.69) is 15.2 Å². The molecule has 136 valence electrons. The third kappa shape index (κ3) is 3.45. The van der Waals surface area contributed by atoms with Gasteiger partial charge in [0.05, 0.1) is 18.3 Å². The number of hydrogen-bond acceptors (Lipinski definition) is 6. The zero-order valence-corrected chi connectivity index (χ0v) is 15.2. The quantitative estimate of drug-likeness (QED) is 0.679. The van der Waals surface area contributed by atoms with E-state index in [1.54, 1.807) is 10.8 Å². The number of H-pyrrole nitrogens is 1. The van der Waals surface area contributed by atoms with Crippen molar-refractivity contribution in [1.82, 2.24) is 24.1 Å². The molecule has 1 aliphatic rings. The molecule has 1 aliphatic heterocycles. The second-order valence-electron chi connectivity index (χ2n) is 6.37. The molecule has 0 radical (unpaired) electrons. The standard InChI is InChI=1S/C17H19N5O3S/c1-11-4-5-14-18-12(7-15(23)21(14)8-11)10-26-17-20-19-16(24)22(17)9-13-3-2-6-25-13/h4-5,7-8,13H,2-3,6,9-10H2,1H3,(H,19,24)/t13-/m0/s1. The number of hydrogen-bond donors (Lipinski definition) is 1. The lowest BCUT2D eigenvalue weighted by Gasteiger charge is -2.11. The minimum absolute atomic E-state index is 0.0522. The third-order valence-electron chi connectivity index (χ3n) is 4.34. The molecular weight excluding hydrogens is 354 g/mol. The molecule has 1 fully saturated rings. The van der Waals surface area contributed by atoms with Crippen molar-refractivity contribution in [3.63, 3.8) is 0 Å². The molecule has 0 unspecified atom stereocenters. The van der Waals surface area contributed by atoms with Gasteiger partial charge in [-0.15, -0.1) is 5.10 Å². The summed E-state index contributed by atoms with van der Waals surface area (Å²) >= 11 is 1.38. The van der Waals surface area contributed by atoms with Crippen molar-refractivity contribution < 1.29 is 4.74 Å². The Hall–Kier alpha value is -2.39. The van der Waals surface area contributed by atoms with E-state index >= 15 is 0 Å². The number of pyridine rings is 1. The average Bonchev–Trinajstić information content (AvgIpc) is 3.25. The predicted molar refractivity (Wildman–Crippen MR) is 97.6 cm³/mol. The highest BCUT2D eigenvalue weighted by Gasteiger charge is 2.19. The lowest BCUT2D eigenvalue weighted by molar-refractivity contribution is 0.0941. The molecule has 0 bridgehead atoms. The first-order valence-corrected chi connectivity index (χ1v) is 9.47. The molecule has 4 rings (SSSR count). The molecule has 0 aliphatic carbocycles. The van der Waals surface area contributed by atoms with Gasteiger partial charge in [0.2, 0.25) is 0 Å². The van der Waals surface area contributed by atoms with Gasteiger partial charge in [-0.05, 0) is 31.4 Å². The Bertz CT molecular complexity index is 1050. The number of aromatic amines is 1. The van der Waals surface area contributed by atoms with Crippen molar-refractivity contribution in [1.29, 1.82) is 0 Å². The van der Waals surface area contributed by atoms with Crippen molar-refractivity contribution in [2.45, 2.75) is 43.3 Å². The van der Waals surface area contributed by atoms with Crippen LogP contribution in [0.25, 0.3) is 5.65 Å². The zero-order valence-electron chi connectivity index (χ0n) is 14.3. The largest absolute Gasteiger partial charge is 0.376 e. The lowest BCUT2D eigenvalue weighted by atomic mass is 10.2. The number of ether oxygens (including phenoxy) is 1. The number of nitrogens with one attached hydrogen (secondary N) is 1. The van der Waals surface area contributed by atoms with Crippen molar-refractivity contribution in [3.05, 3.63) is 56.5 Å². The van der Waals surface area contributed by atoms with Crippen LogP contribution in [0.3, 0.4) is 0 Å². The summed E-state index contributed by atoms with van der Waals surface area (Å²) in [5.41, 5.74) is 1.90. The van der Waals surface area contributed by atoms with Crippen LogP contribution in [0.2, 0.25) is 0 Å². The molecule has 3 aromatic rings. The molecule has 0 saturated carbocycles. The monoisotopic (exact) mass is 373 g/mol. The molecule has 9 heteroatoms. The van der Waals surface area contributed by atoms with E-state index < -0.39 is 0 Å². The van der Waals surface area contributed by atoms with Gasteiger partial charge >= 0.3 is 5.69 Å². The lowest BCUT2D eigenvalue weighted by Crippen LogP contribution is -2.25. The van der Waals surface area contributed by atoms with Crippen LogP contribution in [0, 0.1) is 6.92 Å². The molecule has 1 atom stereocenters. The summed E-state index contributed by atoms with van der Waals surface area (Å²) in [5.74, 6) is 0.454. The number of rotatable bonds is 5. The van der Waals surface area contributed by atoms with Crippen LogP contribution in [-0.2, 0) is 17.0 Å². The summed E-state index contributed by atoms with van der Waals surface area (Å²) in [6.45, 7) is 3.16. The van der Waals surface area contributed by atoms with Gasteiger partial charge in [0.1, 0.15) is 5.65 Å². The smallest absolute Gasteiger partial charge is 0.344 e. The van der Waals surface area contributed by atoms with Crippen LogP contribution in [-0.4, -0.2) is 36.9 Å². The van der Waals surface area contributed by atoms with E-state index in [0.29, 0.717) is 28.8 Å². The Labute approximate surface area is 153 Å². The van der Waals surface area contributed by atoms with E-state index in [1.165, 1.54) is 22.2 Å². The van der Waals surface area contributed by atoms with E-state index in [0.717, 1.165) is 25.0 Å². The Morgan fingerprint density at radius 2 is 2.27 bits per heavy atom. The van der Waals surface area contributed by atoms with E-state index in [-0.39, 0.29) is 17.4 Å². The first-order chi connectivity index (χ1) is 12.6. The highest BCUT2D eigenvalue weighted by atomic mass is 32.2. The van der Waals surface area contributed by atoms with Crippen molar-refractivity contribution in [3.8, 4) is 0 Å². The molecule has 4 heterocycles. The summed E-state index contributed by atoms with van der Waals surface area (Å²) in [5, 5.41) is 7.16. The number of aryl methyl sites for hydroxylation is 1. The number of thioether (sulfide) groups is 1. The van der Waals surface area contributed by atoms with Gasteiger partial charge in [-0.25, -0.2) is 14.9 Å². The first-order valence-electron chi connectivity index (χ1n) is 8.49. The summed E-state index contributed by atoms with van der Waals surface area (Å²) < 4.78 is 8.73. The van der Waals surface area contributed by atoms with E-state index in [9.17, 15) is 9.59 Å². The van der Waals surface area contributed by atoms with Crippen LogP contribution in [0.15, 0.2) is 39.1 Å². The second kappa shape index (κ2) is 7.08. The fourth-order valence-corrected chi connectivity index (χ4v) is 3.89. The van der Waals surface area contributed by atoms with E-state index in [1.807, 2.05) is 19.1 Å². The third-order valence-corrected chi connectivity index (χ3v) is 5.35. The topological polar surface area (TPSA) is 94.3 Å². The Balaban J connectivity index is 1.54. The van der Waals surface area contributed by atoms with Crippen molar-refractivity contribution >= 4 is 17.4 Å². The van der Waals surface area contributed by atoms with Gasteiger partial charge in [0.25, 0.3) is 5.56 Å². The number of nitrogens with zero attached hydrogens (tertiary/aromatic N) is 4. The number of aromatic nitrogens is 5. The first kappa shape index (κ1) is 17.0. The van der Waals surface area contributed by atoms with Gasteiger partial charge in [0.15, 0.2) is 5.16 Å². The molecule has 0 amide bonds. The van der Waals surface area contributed by atoms with Crippen LogP contribution < -0.4 is 11.2 Å². The molecular formula is C17H19N5O3S. The Morgan fingerprint density at radius 3 is 3.08 bits per heavy atom. The molecule has 8 nitrogen and oxygen atoms in total. The second-order valence-corrected chi connectivity index (χ2v) is 7.31. The van der Waals surface area contributed by atoms with Gasteiger partial charge in [-0.1, -0.05) is 17.8 Å². The summed E-state index contributed by atoms with van der Waals surface area (Å²) in [6, 6.07) is 5.27. The summed E-state index contributed by atoms with van der Waals surface area (Å²) in [7, 11) is 0. The van der Waals surface area contributed by atoms with Crippen LogP contribution in [0.4, 0.5) is 0 Å². The molecule has 1 N–H and O–H groups in total. The molecule has 3 aromatic heterocycles. The Morgan fingerprint density at radius 1 is 1.38 bits per heavy atom. The summed E-state index contributed by atoms with van der Waals surface area (Å²) in [4.78, 5) is 28.8. The van der Waals surface area contributed by atoms with Crippen molar-refractivity contribution in [2.24, 2.45) is 0 Å². The van der Waals surface area contributed by atoms with Crippen molar-refractivity contribution in [2.75, 3.05) is 6.61 Å². The number of fused-ring (bicyclic) bond motifs is 1. The van der Waals surface area contributed by atoms with Gasteiger partial charge in [0, 0.05) is 24.6 Å². The highest BCUT2D eigenvalue weighted by Crippen LogP contribution is 2.20. The predicted octanol–water partition coefficient (Wildman–Crippen LogP) is 1.36. The molecule has 0 aromatic carbocycles. The highest BCUT2D eigenvalue weighted by molar-refractivity contribution is 7.98. The normalized spacial score (nSPS) is 17.2.